The number of hydrogen-bond acceptors (Lipinski definition) is 3. The van der Waals surface area contributed by atoms with Crippen LogP contribution in [-0.4, -0.2) is 12.1 Å². The highest BCUT2D eigenvalue weighted by Crippen LogP contribution is 2.36. The molecule has 0 saturated carbocycles. The van der Waals surface area contributed by atoms with Crippen LogP contribution in [0, 0.1) is 5.92 Å². The number of carbonyl (C=O) groups excluding carboxylic acids is 2. The number of Topliss-reactive ketones (excluding diaryl/α,β-unsaturated/α-hetero) is 1. The van der Waals surface area contributed by atoms with E-state index in [0.29, 0.717) is 6.42 Å². The van der Waals surface area contributed by atoms with Crippen LogP contribution < -0.4 is 15.8 Å². The van der Waals surface area contributed by atoms with Crippen LogP contribution in [0.2, 0.25) is 0 Å². The van der Waals surface area contributed by atoms with Gasteiger partial charge < -0.3 is 10.1 Å². The van der Waals surface area contributed by atoms with E-state index in [2.05, 4.69) is 59.9 Å². The lowest BCUT2D eigenvalue weighted by Crippen LogP contribution is -2.40. The molecule has 3 heteroatoms. The maximum absolute atomic E-state index is 13.9. The summed E-state index contributed by atoms with van der Waals surface area (Å²) in [7, 11) is 0. The van der Waals surface area contributed by atoms with E-state index in [4.69, 9.17) is 0 Å². The van der Waals surface area contributed by atoms with E-state index in [-0.39, 0.29) is 17.6 Å². The molecule has 3 atom stereocenters. The second kappa shape index (κ2) is 9.43. The third-order valence-corrected chi connectivity index (χ3v) is 7.57. The molecule has 3 aliphatic rings. The average molecular weight is 470 g/mol. The summed E-state index contributed by atoms with van der Waals surface area (Å²) in [5, 5.41) is 5.75. The molecule has 176 valence electrons. The Morgan fingerprint density at radius 2 is 1.72 bits per heavy atom. The largest absolute Gasteiger partial charge is 0.364 e. The van der Waals surface area contributed by atoms with Crippen molar-refractivity contribution < 1.29 is 9.59 Å². The van der Waals surface area contributed by atoms with Crippen LogP contribution in [0.15, 0.2) is 103 Å². The average Bonchev–Trinajstić information content (AvgIpc) is 3.22. The van der Waals surface area contributed by atoms with E-state index >= 15 is 0 Å². The predicted molar refractivity (Wildman–Crippen MR) is 144 cm³/mol. The Hall–Kier alpha value is -4.24. The number of ketones is 1. The molecule has 0 radical (unpaired) electrons. The van der Waals surface area contributed by atoms with Crippen molar-refractivity contribution in [1.82, 2.24) is 5.32 Å². The van der Waals surface area contributed by atoms with E-state index in [1.54, 1.807) is 0 Å². The number of nitrogens with one attached hydrogen (secondary N) is 1. The third kappa shape index (κ3) is 3.87. The lowest BCUT2D eigenvalue weighted by molar-refractivity contribution is -0.126. The van der Waals surface area contributed by atoms with Gasteiger partial charge in [0.1, 0.15) is 6.29 Å². The topological polar surface area (TPSA) is 46.2 Å². The zero-order valence-electron chi connectivity index (χ0n) is 19.9. The highest BCUT2D eigenvalue weighted by atomic mass is 16.1. The highest BCUT2D eigenvalue weighted by Gasteiger charge is 2.34. The SMILES string of the molecule is O=CC(C(=O)C1C=c2c(ccc3c2=CCc2ccccc2-3)C(C2=CC=CC=CN2)C1)c1ccccc1. The van der Waals surface area contributed by atoms with E-state index in [0.717, 1.165) is 29.2 Å². The zero-order chi connectivity index (χ0) is 24.5. The molecule has 0 bridgehead atoms. The Labute approximate surface area is 210 Å². The molecule has 0 saturated heterocycles. The van der Waals surface area contributed by atoms with Crippen molar-refractivity contribution in [2.45, 2.75) is 24.7 Å². The number of rotatable bonds is 5. The lowest BCUT2D eigenvalue weighted by Gasteiger charge is -2.30. The summed E-state index contributed by atoms with van der Waals surface area (Å²) in [5.74, 6) is -1.16. The molecule has 3 aromatic rings. The fourth-order valence-electron chi connectivity index (χ4n) is 5.80. The Bertz CT molecular complexity index is 1560. The maximum Gasteiger partial charge on any atom is 0.154 e. The first-order valence-electron chi connectivity index (χ1n) is 12.5. The Kier molecular flexibility index (Phi) is 5.82. The molecular weight excluding hydrogens is 442 g/mol. The number of aldehydes is 1. The van der Waals surface area contributed by atoms with Crippen LogP contribution >= 0.6 is 0 Å². The van der Waals surface area contributed by atoms with Gasteiger partial charge in [-0.15, -0.1) is 0 Å². The molecule has 0 aromatic heterocycles. The summed E-state index contributed by atoms with van der Waals surface area (Å²) in [6.45, 7) is 0. The van der Waals surface area contributed by atoms with Gasteiger partial charge in [-0.2, -0.15) is 0 Å². The van der Waals surface area contributed by atoms with Crippen molar-refractivity contribution in [3.63, 3.8) is 0 Å². The summed E-state index contributed by atoms with van der Waals surface area (Å²) >= 11 is 0. The van der Waals surface area contributed by atoms with Gasteiger partial charge in [0.05, 0.1) is 5.92 Å². The van der Waals surface area contributed by atoms with Gasteiger partial charge in [-0.1, -0.05) is 91.0 Å². The summed E-state index contributed by atoms with van der Waals surface area (Å²) < 4.78 is 0. The second-order valence-electron chi connectivity index (χ2n) is 9.59. The molecule has 6 rings (SSSR count). The van der Waals surface area contributed by atoms with E-state index in [1.807, 2.05) is 54.8 Å². The monoisotopic (exact) mass is 469 g/mol. The van der Waals surface area contributed by atoms with E-state index in [9.17, 15) is 9.59 Å². The first-order valence-corrected chi connectivity index (χ1v) is 12.5. The van der Waals surface area contributed by atoms with E-state index in [1.165, 1.54) is 27.5 Å². The van der Waals surface area contributed by atoms with Crippen LogP contribution in [0.25, 0.3) is 23.3 Å². The van der Waals surface area contributed by atoms with Crippen LogP contribution in [0.4, 0.5) is 0 Å². The van der Waals surface area contributed by atoms with Crippen LogP contribution in [0.1, 0.15) is 34.9 Å². The fraction of sp³-hybridized carbons (Fsp3) is 0.152. The molecule has 2 aliphatic carbocycles. The van der Waals surface area contributed by atoms with E-state index < -0.39 is 5.92 Å². The van der Waals surface area contributed by atoms with Crippen molar-refractivity contribution in [2.24, 2.45) is 5.92 Å². The molecular formula is C33H27NO2. The van der Waals surface area contributed by atoms with Crippen molar-refractivity contribution in [2.75, 3.05) is 0 Å². The quantitative estimate of drug-likeness (QED) is 0.436. The minimum atomic E-state index is -0.769. The second-order valence-corrected chi connectivity index (χ2v) is 9.59. The van der Waals surface area contributed by atoms with Crippen LogP contribution in [0.3, 0.4) is 0 Å². The van der Waals surface area contributed by atoms with Gasteiger partial charge in [0, 0.05) is 23.7 Å². The van der Waals surface area contributed by atoms with Gasteiger partial charge >= 0.3 is 0 Å². The fourth-order valence-corrected chi connectivity index (χ4v) is 5.80. The lowest BCUT2D eigenvalue weighted by atomic mass is 9.74. The number of fused-ring (bicyclic) bond motifs is 5. The number of hydrogen-bond donors (Lipinski definition) is 1. The molecule has 0 amide bonds. The summed E-state index contributed by atoms with van der Waals surface area (Å²) in [4.78, 5) is 26.0. The van der Waals surface area contributed by atoms with Crippen LogP contribution in [0.5, 0.6) is 0 Å². The first-order chi connectivity index (χ1) is 17.7. The minimum Gasteiger partial charge on any atom is -0.364 e. The highest BCUT2D eigenvalue weighted by molar-refractivity contribution is 6.03. The third-order valence-electron chi connectivity index (χ3n) is 7.57. The normalized spacial score (nSPS) is 20.2. The summed E-state index contributed by atoms with van der Waals surface area (Å²) in [6.07, 6.45) is 16.7. The minimum absolute atomic E-state index is 0.0188. The van der Waals surface area contributed by atoms with Gasteiger partial charge in [0.25, 0.3) is 0 Å². The van der Waals surface area contributed by atoms with Gasteiger partial charge in [-0.05, 0) is 63.2 Å². The predicted octanol–water partition coefficient (Wildman–Crippen LogP) is 4.68. The first kappa shape index (κ1) is 22.2. The number of benzene rings is 3. The summed E-state index contributed by atoms with van der Waals surface area (Å²) in [6, 6.07) is 22.4. The van der Waals surface area contributed by atoms with Crippen molar-refractivity contribution in [3.8, 4) is 11.1 Å². The smallest absolute Gasteiger partial charge is 0.154 e. The van der Waals surface area contributed by atoms with Crippen molar-refractivity contribution >= 4 is 24.2 Å². The molecule has 1 N–H and O–H groups in total. The molecule has 3 nitrogen and oxygen atoms in total. The molecule has 0 spiro atoms. The molecule has 36 heavy (non-hydrogen) atoms. The van der Waals surface area contributed by atoms with Gasteiger partial charge in [-0.25, -0.2) is 0 Å². The number of carbonyl (C=O) groups is 2. The van der Waals surface area contributed by atoms with Gasteiger partial charge in [0.2, 0.25) is 0 Å². The molecule has 3 aromatic carbocycles. The van der Waals surface area contributed by atoms with Crippen LogP contribution in [-0.2, 0) is 16.0 Å². The molecule has 0 fully saturated rings. The summed E-state index contributed by atoms with van der Waals surface area (Å²) in [5.41, 5.74) is 6.81. The molecule has 1 aliphatic heterocycles. The zero-order valence-corrected chi connectivity index (χ0v) is 19.9. The molecule has 3 unspecified atom stereocenters. The van der Waals surface area contributed by atoms with Crippen molar-refractivity contribution in [3.05, 3.63) is 130 Å². The Morgan fingerprint density at radius 1 is 0.889 bits per heavy atom. The Balaban J connectivity index is 1.52. The maximum atomic E-state index is 13.9. The number of allylic oxidation sites excluding steroid dienone is 5. The van der Waals surface area contributed by atoms with Crippen molar-refractivity contribution in [1.29, 1.82) is 0 Å². The molecule has 1 heterocycles. The Morgan fingerprint density at radius 3 is 2.58 bits per heavy atom. The van der Waals surface area contributed by atoms with Gasteiger partial charge in [-0.3, -0.25) is 4.79 Å². The standard InChI is InChI=1S/C33H27NO2/c35-21-31(22-9-3-1-4-10-22)33(36)24-19-29-27-15-14-23-11-6-7-12-25(23)26(27)16-17-28(29)30(20-24)32-13-5-2-8-18-34-32/h1-13,15-19,21,24,30-31,34H,14,20H2. The van der Waals surface area contributed by atoms with Gasteiger partial charge in [0.15, 0.2) is 5.78 Å².